The fourth-order valence-corrected chi connectivity index (χ4v) is 1.72. The third kappa shape index (κ3) is 5.45. The number of hydrogen-bond donors (Lipinski definition) is 1. The highest BCUT2D eigenvalue weighted by Crippen LogP contribution is 2.23. The van der Waals surface area contributed by atoms with Crippen LogP contribution in [0.15, 0.2) is 6.07 Å². The van der Waals surface area contributed by atoms with Gasteiger partial charge in [-0.05, 0) is 6.42 Å². The van der Waals surface area contributed by atoms with Gasteiger partial charge in [0.1, 0.15) is 11.6 Å². The standard InChI is InChI=1S/C15H27N3O/c1-6-7-8-9-10-16-12-11-13(19-5)18-14(17-12)15(2,3)4/h11H,6-10H2,1-5H3,(H,16,17,18). The number of ether oxygens (including phenoxy) is 1. The van der Waals surface area contributed by atoms with Gasteiger partial charge in [-0.3, -0.25) is 0 Å². The largest absolute Gasteiger partial charge is 0.481 e. The van der Waals surface area contributed by atoms with E-state index in [0.29, 0.717) is 5.88 Å². The Kier molecular flexibility index (Phi) is 6.06. The predicted molar refractivity (Wildman–Crippen MR) is 79.9 cm³/mol. The Bertz CT molecular complexity index is 385. The Morgan fingerprint density at radius 1 is 1.16 bits per heavy atom. The molecule has 0 amide bonds. The van der Waals surface area contributed by atoms with E-state index in [9.17, 15) is 0 Å². The third-order valence-corrected chi connectivity index (χ3v) is 2.92. The normalized spacial score (nSPS) is 11.4. The lowest BCUT2D eigenvalue weighted by Crippen LogP contribution is -2.18. The third-order valence-electron chi connectivity index (χ3n) is 2.92. The molecule has 4 nitrogen and oxygen atoms in total. The van der Waals surface area contributed by atoms with E-state index in [1.54, 1.807) is 7.11 Å². The highest BCUT2D eigenvalue weighted by Gasteiger charge is 2.19. The molecule has 1 heterocycles. The van der Waals surface area contributed by atoms with Crippen LogP contribution in [0, 0.1) is 0 Å². The Morgan fingerprint density at radius 2 is 1.89 bits per heavy atom. The Labute approximate surface area is 117 Å². The lowest BCUT2D eigenvalue weighted by Gasteiger charge is -2.18. The molecule has 0 aliphatic carbocycles. The van der Waals surface area contributed by atoms with Gasteiger partial charge >= 0.3 is 0 Å². The van der Waals surface area contributed by atoms with Crippen molar-refractivity contribution in [2.75, 3.05) is 19.0 Å². The van der Waals surface area contributed by atoms with Gasteiger partial charge in [-0.25, -0.2) is 4.98 Å². The summed E-state index contributed by atoms with van der Waals surface area (Å²) in [5, 5.41) is 3.36. The first kappa shape index (κ1) is 15.7. The fourth-order valence-electron chi connectivity index (χ4n) is 1.72. The van der Waals surface area contributed by atoms with Crippen molar-refractivity contribution in [2.24, 2.45) is 0 Å². The molecule has 0 spiro atoms. The van der Waals surface area contributed by atoms with Crippen LogP contribution in [0.2, 0.25) is 0 Å². The molecule has 1 N–H and O–H groups in total. The molecule has 108 valence electrons. The van der Waals surface area contributed by atoms with Gasteiger partial charge in [0.25, 0.3) is 0 Å². The van der Waals surface area contributed by atoms with Crippen LogP contribution in [0.4, 0.5) is 5.82 Å². The second-order valence-corrected chi connectivity index (χ2v) is 5.86. The summed E-state index contributed by atoms with van der Waals surface area (Å²) in [5.74, 6) is 2.28. The summed E-state index contributed by atoms with van der Waals surface area (Å²) in [5.41, 5.74) is -0.0762. The Balaban J connectivity index is 2.67. The molecule has 0 unspecified atom stereocenters. The fraction of sp³-hybridized carbons (Fsp3) is 0.733. The van der Waals surface area contributed by atoms with E-state index >= 15 is 0 Å². The summed E-state index contributed by atoms with van der Waals surface area (Å²) < 4.78 is 5.24. The minimum absolute atomic E-state index is 0.0762. The molecule has 0 aromatic carbocycles. The van der Waals surface area contributed by atoms with E-state index < -0.39 is 0 Å². The maximum atomic E-state index is 5.24. The molecule has 0 saturated carbocycles. The van der Waals surface area contributed by atoms with E-state index in [1.807, 2.05) is 6.07 Å². The molecule has 19 heavy (non-hydrogen) atoms. The van der Waals surface area contributed by atoms with Crippen molar-refractivity contribution >= 4 is 5.82 Å². The first-order valence-electron chi connectivity index (χ1n) is 7.14. The minimum Gasteiger partial charge on any atom is -0.481 e. The van der Waals surface area contributed by atoms with Crippen LogP contribution in [0.5, 0.6) is 5.88 Å². The average molecular weight is 265 g/mol. The minimum atomic E-state index is -0.0762. The number of anilines is 1. The van der Waals surface area contributed by atoms with Gasteiger partial charge in [0.15, 0.2) is 0 Å². The molecule has 1 aromatic rings. The molecule has 0 aliphatic heterocycles. The van der Waals surface area contributed by atoms with Crippen molar-refractivity contribution in [1.29, 1.82) is 0 Å². The topological polar surface area (TPSA) is 47.0 Å². The van der Waals surface area contributed by atoms with Crippen LogP contribution in [-0.4, -0.2) is 23.6 Å². The monoisotopic (exact) mass is 265 g/mol. The molecule has 0 radical (unpaired) electrons. The first-order valence-corrected chi connectivity index (χ1v) is 7.14. The summed E-state index contributed by atoms with van der Waals surface area (Å²) in [6.45, 7) is 9.48. The van der Waals surface area contributed by atoms with Crippen molar-refractivity contribution < 1.29 is 4.74 Å². The van der Waals surface area contributed by atoms with Crippen LogP contribution in [-0.2, 0) is 5.41 Å². The Morgan fingerprint density at radius 3 is 2.47 bits per heavy atom. The zero-order chi connectivity index (χ0) is 14.3. The lowest BCUT2D eigenvalue weighted by atomic mass is 9.96. The number of nitrogens with one attached hydrogen (secondary N) is 1. The van der Waals surface area contributed by atoms with Crippen molar-refractivity contribution in [3.8, 4) is 5.88 Å². The van der Waals surface area contributed by atoms with Crippen molar-refractivity contribution in [3.05, 3.63) is 11.9 Å². The van der Waals surface area contributed by atoms with Gasteiger partial charge in [0.05, 0.1) is 7.11 Å². The van der Waals surface area contributed by atoms with Crippen molar-refractivity contribution in [3.63, 3.8) is 0 Å². The van der Waals surface area contributed by atoms with E-state index in [1.165, 1.54) is 25.7 Å². The van der Waals surface area contributed by atoms with Gasteiger partial charge < -0.3 is 10.1 Å². The van der Waals surface area contributed by atoms with Crippen molar-refractivity contribution in [2.45, 2.75) is 58.8 Å². The molecule has 1 rings (SSSR count). The van der Waals surface area contributed by atoms with E-state index in [-0.39, 0.29) is 5.41 Å². The average Bonchev–Trinajstić information content (AvgIpc) is 2.37. The van der Waals surface area contributed by atoms with Gasteiger partial charge in [0.2, 0.25) is 5.88 Å². The maximum absolute atomic E-state index is 5.24. The molecular formula is C15H27N3O. The van der Waals surface area contributed by atoms with Crippen molar-refractivity contribution in [1.82, 2.24) is 9.97 Å². The van der Waals surface area contributed by atoms with Gasteiger partial charge in [-0.15, -0.1) is 0 Å². The van der Waals surface area contributed by atoms with Crippen LogP contribution < -0.4 is 10.1 Å². The molecule has 4 heteroatoms. The molecular weight excluding hydrogens is 238 g/mol. The second kappa shape index (κ2) is 7.31. The van der Waals surface area contributed by atoms with Gasteiger partial charge in [-0.2, -0.15) is 4.98 Å². The number of methoxy groups -OCH3 is 1. The summed E-state index contributed by atoms with van der Waals surface area (Å²) >= 11 is 0. The van der Waals surface area contributed by atoms with Crippen LogP contribution in [0.3, 0.4) is 0 Å². The molecule has 0 saturated heterocycles. The molecule has 0 atom stereocenters. The van der Waals surface area contributed by atoms with E-state index in [0.717, 1.165) is 18.2 Å². The summed E-state index contributed by atoms with van der Waals surface area (Å²) in [7, 11) is 1.64. The summed E-state index contributed by atoms with van der Waals surface area (Å²) in [4.78, 5) is 8.98. The number of aromatic nitrogens is 2. The van der Waals surface area contributed by atoms with Gasteiger partial charge in [-0.1, -0.05) is 47.0 Å². The van der Waals surface area contributed by atoms with Crippen LogP contribution in [0.25, 0.3) is 0 Å². The number of rotatable bonds is 7. The molecule has 0 fully saturated rings. The number of unbranched alkanes of at least 4 members (excludes halogenated alkanes) is 3. The molecule has 0 aliphatic rings. The number of hydrogen-bond acceptors (Lipinski definition) is 4. The zero-order valence-electron chi connectivity index (χ0n) is 12.9. The first-order chi connectivity index (χ1) is 8.97. The molecule has 1 aromatic heterocycles. The smallest absolute Gasteiger partial charge is 0.218 e. The lowest BCUT2D eigenvalue weighted by molar-refractivity contribution is 0.389. The second-order valence-electron chi connectivity index (χ2n) is 5.86. The van der Waals surface area contributed by atoms with E-state index in [2.05, 4.69) is 43.0 Å². The van der Waals surface area contributed by atoms with Gasteiger partial charge in [0, 0.05) is 18.0 Å². The highest BCUT2D eigenvalue weighted by atomic mass is 16.5. The maximum Gasteiger partial charge on any atom is 0.218 e. The summed E-state index contributed by atoms with van der Waals surface area (Å²) in [6.07, 6.45) is 4.99. The summed E-state index contributed by atoms with van der Waals surface area (Å²) in [6, 6.07) is 1.86. The number of nitrogens with zero attached hydrogens (tertiary/aromatic N) is 2. The zero-order valence-corrected chi connectivity index (χ0v) is 12.9. The highest BCUT2D eigenvalue weighted by molar-refractivity contribution is 5.39. The molecule has 0 bridgehead atoms. The van der Waals surface area contributed by atoms with E-state index in [4.69, 9.17) is 4.74 Å². The SMILES string of the molecule is CCCCCCNc1cc(OC)nc(C(C)(C)C)n1. The predicted octanol–water partition coefficient (Wildman–Crippen LogP) is 3.77. The van der Waals surface area contributed by atoms with Crippen LogP contribution >= 0.6 is 0 Å². The quantitative estimate of drug-likeness (QED) is 0.762. The Hall–Kier alpha value is -1.32. The van der Waals surface area contributed by atoms with Crippen LogP contribution in [0.1, 0.15) is 59.2 Å².